The Hall–Kier alpha value is -3.58. The normalized spacial score (nSPS) is 13.5. The van der Waals surface area contributed by atoms with Gasteiger partial charge < -0.3 is 8.98 Å². The van der Waals surface area contributed by atoms with Crippen molar-refractivity contribution in [3.63, 3.8) is 0 Å². The molecule has 1 radical (unpaired) electrons. The second-order valence-corrected chi connectivity index (χ2v) is 23.8. The predicted molar refractivity (Wildman–Crippen MR) is 195 cm³/mol. The summed E-state index contributed by atoms with van der Waals surface area (Å²) < 4.78 is 40.4. The molecule has 0 spiro atoms. The number of pyridine rings is 2. The summed E-state index contributed by atoms with van der Waals surface area (Å²) in [4.78, 5) is 14.0. The van der Waals surface area contributed by atoms with Crippen molar-refractivity contribution in [2.45, 2.75) is 70.7 Å². The molecular formula is C40H42GeIrN4O-2. The number of rotatable bonds is 5. The van der Waals surface area contributed by atoms with Crippen molar-refractivity contribution in [2.75, 3.05) is 0 Å². The van der Waals surface area contributed by atoms with Gasteiger partial charge >= 0.3 is 131 Å². The number of hydrogen-bond donors (Lipinski definition) is 0. The van der Waals surface area contributed by atoms with E-state index in [4.69, 9.17) is 14.9 Å². The standard InChI is InChI=1S/C22H18N3O.C18H24GeN.Ir/c1-13(2)25-19-10-5-4-9-18(19)24-21(25)17-8-6-7-15-16-12-11-14(3)23-22(16)26-20(15)17;1-13(2)16-11-18(15-9-7-14(3)8-10-15)20-12-17(16)19(4,5)6;/h4-7,9-13H,1-3H3;7-9,11-13H,1-6H3;/q2*-1;/i;3D3,13D;. The molecule has 7 rings (SSSR count). The van der Waals surface area contributed by atoms with Gasteiger partial charge in [-0.05, 0) is 45.0 Å². The van der Waals surface area contributed by atoms with E-state index in [1.165, 1.54) is 10.5 Å². The molecule has 4 heterocycles. The zero-order valence-corrected chi connectivity index (χ0v) is 32.6. The number of imidazole rings is 1. The number of para-hydroxylation sites is 2. The number of benzene rings is 3. The second-order valence-electron chi connectivity index (χ2n) is 13.2. The molecule has 4 aromatic heterocycles. The SMILES string of the molecule is Cc1ccc2c(n1)oc1c(-c3nc4ccccc4n3C(C)C)[c-]ccc12.[2H]C([2H])([2H])c1c[c-]c(-c2cc(C([2H])(C)C)[c]([Ge]([CH3])([CH3])[CH3])cn2)cc1.[Ir]. The van der Waals surface area contributed by atoms with E-state index >= 15 is 0 Å². The van der Waals surface area contributed by atoms with E-state index in [1.807, 2.05) is 69.4 Å². The Morgan fingerprint density at radius 1 is 0.936 bits per heavy atom. The molecule has 0 bridgehead atoms. The number of aromatic nitrogens is 4. The third kappa shape index (κ3) is 7.01. The molecule has 243 valence electrons. The Morgan fingerprint density at radius 3 is 2.40 bits per heavy atom. The van der Waals surface area contributed by atoms with E-state index in [0.29, 0.717) is 5.71 Å². The molecule has 5 nitrogen and oxygen atoms in total. The molecule has 0 atom stereocenters. The van der Waals surface area contributed by atoms with Crippen LogP contribution in [0.25, 0.3) is 55.7 Å². The van der Waals surface area contributed by atoms with Crippen LogP contribution < -0.4 is 4.40 Å². The second kappa shape index (κ2) is 13.9. The van der Waals surface area contributed by atoms with Crippen LogP contribution in [0.3, 0.4) is 0 Å². The Morgan fingerprint density at radius 2 is 1.72 bits per heavy atom. The van der Waals surface area contributed by atoms with Crippen molar-refractivity contribution in [1.29, 1.82) is 0 Å². The molecule has 0 unspecified atom stereocenters. The van der Waals surface area contributed by atoms with Gasteiger partial charge in [0, 0.05) is 37.2 Å². The van der Waals surface area contributed by atoms with Gasteiger partial charge in [-0.15, -0.1) is 18.2 Å². The molecule has 0 amide bonds. The first-order valence-corrected chi connectivity index (χ1v) is 23.0. The van der Waals surface area contributed by atoms with Crippen LogP contribution in [0, 0.1) is 25.9 Å². The molecule has 3 aromatic carbocycles. The smallest absolute Gasteiger partial charge is 0 e. The van der Waals surface area contributed by atoms with Gasteiger partial charge in [-0.3, -0.25) is 4.98 Å². The molecule has 0 fully saturated rings. The van der Waals surface area contributed by atoms with Gasteiger partial charge in [-0.2, -0.15) is 0 Å². The number of furan rings is 1. The van der Waals surface area contributed by atoms with Crippen molar-refractivity contribution in [2.24, 2.45) is 0 Å². The summed E-state index contributed by atoms with van der Waals surface area (Å²) >= 11 is -2.14. The molecule has 0 N–H and O–H groups in total. The minimum atomic E-state index is -2.14. The Bertz CT molecular complexity index is 2330. The number of aryl methyl sites for hydroxylation is 2. The predicted octanol–water partition coefficient (Wildman–Crippen LogP) is 10.2. The maximum Gasteiger partial charge on any atom is 0 e. The van der Waals surface area contributed by atoms with Crippen LogP contribution in [0.2, 0.25) is 17.3 Å². The first kappa shape index (κ1) is 29.6. The number of fused-ring (bicyclic) bond motifs is 4. The third-order valence-corrected chi connectivity index (χ3v) is 12.3. The maximum atomic E-state index is 8.49. The zero-order chi connectivity index (χ0) is 36.2. The summed E-state index contributed by atoms with van der Waals surface area (Å²) in [7, 11) is 0. The van der Waals surface area contributed by atoms with Gasteiger partial charge in [0.2, 0.25) is 5.71 Å². The molecule has 7 heteroatoms. The zero-order valence-electron chi connectivity index (χ0n) is 32.1. The Labute approximate surface area is 300 Å². The molecule has 7 aromatic rings. The fourth-order valence-corrected chi connectivity index (χ4v) is 9.14. The molecule has 47 heavy (non-hydrogen) atoms. The van der Waals surface area contributed by atoms with Crippen molar-refractivity contribution >= 4 is 50.8 Å². The molecule has 0 saturated carbocycles. The van der Waals surface area contributed by atoms with Crippen LogP contribution in [0.1, 0.15) is 61.9 Å². The monoisotopic (exact) mass is 865 g/mol. The number of nitrogens with zero attached hydrogens (tertiary/aromatic N) is 4. The van der Waals surface area contributed by atoms with Crippen molar-refractivity contribution in [3.8, 4) is 22.6 Å². The van der Waals surface area contributed by atoms with E-state index < -0.39 is 26.0 Å². The average Bonchev–Trinajstić information content (AvgIpc) is 3.62. The minimum absolute atomic E-state index is 0. The van der Waals surface area contributed by atoms with Crippen molar-refractivity contribution in [1.82, 2.24) is 19.5 Å². The summed E-state index contributed by atoms with van der Waals surface area (Å²) in [5.74, 6) is 7.06. The van der Waals surface area contributed by atoms with Gasteiger partial charge in [0.25, 0.3) is 0 Å². The molecule has 0 aliphatic carbocycles. The first-order valence-electron chi connectivity index (χ1n) is 17.6. The van der Waals surface area contributed by atoms with Crippen LogP contribution in [0.4, 0.5) is 0 Å². The van der Waals surface area contributed by atoms with E-state index in [-0.39, 0.29) is 31.7 Å². The van der Waals surface area contributed by atoms with Crippen LogP contribution in [-0.4, -0.2) is 32.8 Å². The minimum Gasteiger partial charge on any atom is 0 e. The Balaban J connectivity index is 0.000000195. The topological polar surface area (TPSA) is 56.7 Å². The van der Waals surface area contributed by atoms with Crippen LogP contribution in [0.5, 0.6) is 0 Å². The van der Waals surface area contributed by atoms with Crippen molar-refractivity contribution in [3.05, 3.63) is 108 Å². The number of hydrogen-bond acceptors (Lipinski definition) is 4. The summed E-state index contributed by atoms with van der Waals surface area (Å²) in [5, 5.41) is 2.07. The largest absolute Gasteiger partial charge is 0 e. The third-order valence-electron chi connectivity index (χ3n) is 8.11. The van der Waals surface area contributed by atoms with Gasteiger partial charge in [0.05, 0.1) is 22.4 Å². The molecule has 0 saturated heterocycles. The summed E-state index contributed by atoms with van der Waals surface area (Å²) in [6.07, 6.45) is 1.91. The van der Waals surface area contributed by atoms with Crippen molar-refractivity contribution < 1.29 is 30.0 Å². The quantitative estimate of drug-likeness (QED) is 0.128. The fraction of sp³-hybridized carbons (Fsp3) is 0.275. The summed E-state index contributed by atoms with van der Waals surface area (Å²) in [6.45, 7) is 7.97. The maximum absolute atomic E-state index is 8.49. The summed E-state index contributed by atoms with van der Waals surface area (Å²) in [6, 6.07) is 29.7. The van der Waals surface area contributed by atoms with Gasteiger partial charge in [-0.1, -0.05) is 23.1 Å². The molecular weight excluding hydrogens is 817 g/mol. The Kier molecular flexibility index (Phi) is 8.73. The molecule has 0 aliphatic heterocycles. The molecule has 0 aliphatic rings. The van der Waals surface area contributed by atoms with Crippen LogP contribution in [0.15, 0.2) is 83.4 Å². The van der Waals surface area contributed by atoms with Gasteiger partial charge in [0.1, 0.15) is 0 Å². The average molecular weight is 864 g/mol. The van der Waals surface area contributed by atoms with Gasteiger partial charge in [-0.25, -0.2) is 4.98 Å². The first-order chi connectivity index (χ1) is 23.4. The van der Waals surface area contributed by atoms with Gasteiger partial charge in [0.15, 0.2) is 0 Å². The van der Waals surface area contributed by atoms with E-state index in [9.17, 15) is 0 Å². The van der Waals surface area contributed by atoms with E-state index in [2.05, 4.69) is 69.9 Å². The van der Waals surface area contributed by atoms with E-state index in [0.717, 1.165) is 61.3 Å². The van der Waals surface area contributed by atoms with Crippen LogP contribution in [-0.2, 0) is 20.1 Å². The van der Waals surface area contributed by atoms with Crippen LogP contribution >= 0.6 is 0 Å². The fourth-order valence-electron chi connectivity index (χ4n) is 5.82. The van der Waals surface area contributed by atoms with E-state index in [1.54, 1.807) is 12.1 Å². The summed E-state index contributed by atoms with van der Waals surface area (Å²) in [5.41, 5.74) is 8.13.